The van der Waals surface area contributed by atoms with Crippen molar-refractivity contribution in [3.63, 3.8) is 0 Å². The van der Waals surface area contributed by atoms with Gasteiger partial charge in [-0.25, -0.2) is 4.98 Å². The molecule has 5 heteroatoms. The second-order valence-corrected chi connectivity index (χ2v) is 7.85. The average molecular weight is 363 g/mol. The molecule has 1 aliphatic heterocycles. The third-order valence-electron chi connectivity index (χ3n) is 6.47. The highest BCUT2D eigenvalue weighted by Crippen LogP contribution is 2.49. The van der Waals surface area contributed by atoms with Crippen LogP contribution in [0.3, 0.4) is 0 Å². The molecule has 0 radical (unpaired) electrons. The Bertz CT molecular complexity index is 891. The lowest BCUT2D eigenvalue weighted by molar-refractivity contribution is 0.0109. The minimum Gasteiger partial charge on any atom is -0.497 e. The first-order valence-corrected chi connectivity index (χ1v) is 9.42. The molecule has 1 fully saturated rings. The number of ether oxygens (including phenoxy) is 2. The number of aromatic nitrogens is 1. The summed E-state index contributed by atoms with van der Waals surface area (Å²) in [6.45, 7) is 4.03. The summed E-state index contributed by atoms with van der Waals surface area (Å²) in [6.07, 6.45) is 3.73. The second kappa shape index (κ2) is 6.86. The number of hydrogen-bond acceptors (Lipinski definition) is 5. The summed E-state index contributed by atoms with van der Waals surface area (Å²) in [5.41, 5.74) is 3.41. The van der Waals surface area contributed by atoms with E-state index in [1.165, 1.54) is 11.1 Å². The summed E-state index contributed by atoms with van der Waals surface area (Å²) in [7, 11) is 3.93. The van der Waals surface area contributed by atoms with Gasteiger partial charge in [-0.15, -0.1) is 0 Å². The molecule has 4 rings (SSSR count). The van der Waals surface area contributed by atoms with Crippen molar-refractivity contribution in [2.75, 3.05) is 27.3 Å². The van der Waals surface area contributed by atoms with Gasteiger partial charge in [0.2, 0.25) is 5.88 Å². The van der Waals surface area contributed by atoms with Crippen LogP contribution in [-0.2, 0) is 11.8 Å². The molecule has 0 N–H and O–H groups in total. The Morgan fingerprint density at radius 2 is 2.19 bits per heavy atom. The molecule has 2 bridgehead atoms. The van der Waals surface area contributed by atoms with E-state index in [2.05, 4.69) is 48.1 Å². The van der Waals surface area contributed by atoms with E-state index in [0.717, 1.165) is 25.1 Å². The Balaban J connectivity index is 1.65. The normalized spacial score (nSPS) is 26.7. The molecule has 2 aliphatic rings. The summed E-state index contributed by atoms with van der Waals surface area (Å²) < 4.78 is 11.6. The average Bonchev–Trinajstić information content (AvgIpc) is 2.70. The highest BCUT2D eigenvalue weighted by molar-refractivity contribution is 5.45. The van der Waals surface area contributed by atoms with Crippen LogP contribution < -0.4 is 9.47 Å². The predicted molar refractivity (Wildman–Crippen MR) is 103 cm³/mol. The number of pyridine rings is 1. The van der Waals surface area contributed by atoms with Crippen molar-refractivity contribution < 1.29 is 9.47 Å². The molecule has 1 aromatic heterocycles. The molecule has 0 amide bonds. The van der Waals surface area contributed by atoms with Gasteiger partial charge in [0.05, 0.1) is 25.3 Å². The molecule has 27 heavy (non-hydrogen) atoms. The Morgan fingerprint density at radius 1 is 1.33 bits per heavy atom. The van der Waals surface area contributed by atoms with E-state index < -0.39 is 0 Å². The Hall–Kier alpha value is -2.58. The maximum atomic E-state index is 9.09. The number of hydrogen-bond donors (Lipinski definition) is 0. The number of likely N-dealkylation sites (tertiary alicyclic amines) is 1. The van der Waals surface area contributed by atoms with Gasteiger partial charge in [0.25, 0.3) is 0 Å². The Kier molecular flexibility index (Phi) is 4.53. The number of benzene rings is 1. The quantitative estimate of drug-likeness (QED) is 0.835. The molecular formula is C22H25N3O2. The van der Waals surface area contributed by atoms with Gasteiger partial charge < -0.3 is 14.4 Å². The largest absolute Gasteiger partial charge is 0.497 e. The van der Waals surface area contributed by atoms with Crippen LogP contribution in [-0.4, -0.2) is 43.2 Å². The standard InChI is InChI=1S/C22H25N3O2/c1-22-7-9-25(2)20(11-16-4-5-17(26-3)12-18(16)22)19(22)14-27-21-10-15(13-23)6-8-24-21/h4-6,8,10,12,19-20H,7,9,11,14H2,1-3H3. The van der Waals surface area contributed by atoms with Gasteiger partial charge in [-0.1, -0.05) is 13.0 Å². The number of likely N-dealkylation sites (N-methyl/N-ethyl adjacent to an activating group) is 1. The number of piperidine rings is 1. The van der Waals surface area contributed by atoms with Crippen LogP contribution in [0.2, 0.25) is 0 Å². The Labute approximate surface area is 160 Å². The lowest BCUT2D eigenvalue weighted by atomic mass is 9.58. The molecule has 5 nitrogen and oxygen atoms in total. The smallest absolute Gasteiger partial charge is 0.214 e. The number of fused-ring (bicyclic) bond motifs is 4. The molecule has 3 atom stereocenters. The third kappa shape index (κ3) is 3.04. The molecule has 1 aliphatic carbocycles. The van der Waals surface area contributed by atoms with Gasteiger partial charge in [-0.05, 0) is 55.8 Å². The summed E-state index contributed by atoms with van der Waals surface area (Å²) in [5.74, 6) is 1.79. The van der Waals surface area contributed by atoms with E-state index >= 15 is 0 Å². The first kappa shape index (κ1) is 17.8. The fourth-order valence-electron chi connectivity index (χ4n) is 4.77. The van der Waals surface area contributed by atoms with E-state index in [1.807, 2.05) is 0 Å². The van der Waals surface area contributed by atoms with E-state index in [4.69, 9.17) is 14.7 Å². The van der Waals surface area contributed by atoms with Gasteiger partial charge in [-0.2, -0.15) is 5.26 Å². The van der Waals surface area contributed by atoms with Crippen molar-refractivity contribution in [3.8, 4) is 17.7 Å². The zero-order chi connectivity index (χ0) is 19.0. The van der Waals surface area contributed by atoms with Crippen LogP contribution in [0.4, 0.5) is 0 Å². The van der Waals surface area contributed by atoms with Crippen molar-refractivity contribution in [2.45, 2.75) is 31.2 Å². The molecule has 1 aromatic carbocycles. The number of rotatable bonds is 4. The Morgan fingerprint density at radius 3 is 2.96 bits per heavy atom. The van der Waals surface area contributed by atoms with Crippen molar-refractivity contribution >= 4 is 0 Å². The van der Waals surface area contributed by atoms with Gasteiger partial charge in [-0.3, -0.25) is 0 Å². The first-order valence-electron chi connectivity index (χ1n) is 9.42. The SMILES string of the molecule is COc1ccc2c(c1)C1(C)CCN(C)C(C2)C1COc1cc(C#N)ccn1. The third-order valence-corrected chi connectivity index (χ3v) is 6.47. The summed E-state index contributed by atoms with van der Waals surface area (Å²) in [5, 5.41) is 9.09. The van der Waals surface area contributed by atoms with Crippen LogP contribution in [0.1, 0.15) is 30.0 Å². The number of nitriles is 1. The number of nitrogens with zero attached hydrogens (tertiary/aromatic N) is 3. The summed E-state index contributed by atoms with van der Waals surface area (Å²) >= 11 is 0. The fraction of sp³-hybridized carbons (Fsp3) is 0.455. The summed E-state index contributed by atoms with van der Waals surface area (Å²) in [6, 6.07) is 12.5. The van der Waals surface area contributed by atoms with Gasteiger partial charge in [0, 0.05) is 29.6 Å². The van der Waals surface area contributed by atoms with Crippen LogP contribution in [0, 0.1) is 17.2 Å². The zero-order valence-corrected chi connectivity index (χ0v) is 16.1. The molecular weight excluding hydrogens is 338 g/mol. The predicted octanol–water partition coefficient (Wildman–Crippen LogP) is 3.17. The highest BCUT2D eigenvalue weighted by Gasteiger charge is 2.50. The van der Waals surface area contributed by atoms with Crippen molar-refractivity contribution in [1.82, 2.24) is 9.88 Å². The van der Waals surface area contributed by atoms with Gasteiger partial charge in [0.1, 0.15) is 5.75 Å². The van der Waals surface area contributed by atoms with E-state index in [-0.39, 0.29) is 5.41 Å². The van der Waals surface area contributed by atoms with Crippen LogP contribution in [0.25, 0.3) is 0 Å². The van der Waals surface area contributed by atoms with Crippen molar-refractivity contribution in [2.24, 2.45) is 5.92 Å². The lowest BCUT2D eigenvalue weighted by Gasteiger charge is -2.54. The molecule has 3 unspecified atom stereocenters. The molecule has 1 saturated heterocycles. The zero-order valence-electron chi connectivity index (χ0n) is 16.1. The van der Waals surface area contributed by atoms with E-state index in [0.29, 0.717) is 30.0 Å². The maximum Gasteiger partial charge on any atom is 0.214 e. The van der Waals surface area contributed by atoms with Crippen LogP contribution in [0.5, 0.6) is 11.6 Å². The topological polar surface area (TPSA) is 58.4 Å². The monoisotopic (exact) mass is 363 g/mol. The molecule has 0 spiro atoms. The van der Waals surface area contributed by atoms with E-state index in [1.54, 1.807) is 25.4 Å². The van der Waals surface area contributed by atoms with Gasteiger partial charge >= 0.3 is 0 Å². The van der Waals surface area contributed by atoms with Crippen molar-refractivity contribution in [1.29, 1.82) is 5.26 Å². The maximum absolute atomic E-state index is 9.09. The van der Waals surface area contributed by atoms with Crippen LogP contribution >= 0.6 is 0 Å². The molecule has 140 valence electrons. The fourth-order valence-corrected chi connectivity index (χ4v) is 4.77. The molecule has 2 heterocycles. The van der Waals surface area contributed by atoms with Crippen molar-refractivity contribution in [3.05, 3.63) is 53.2 Å². The second-order valence-electron chi connectivity index (χ2n) is 7.85. The minimum atomic E-state index is 0.0339. The highest BCUT2D eigenvalue weighted by atomic mass is 16.5. The molecule has 0 saturated carbocycles. The first-order chi connectivity index (χ1) is 13.0. The van der Waals surface area contributed by atoms with Gasteiger partial charge in [0.15, 0.2) is 0 Å². The van der Waals surface area contributed by atoms with Crippen LogP contribution in [0.15, 0.2) is 36.5 Å². The van der Waals surface area contributed by atoms with E-state index in [9.17, 15) is 0 Å². The lowest BCUT2D eigenvalue weighted by Crippen LogP contribution is -2.59. The molecule has 2 aromatic rings. The number of methoxy groups -OCH3 is 1. The minimum absolute atomic E-state index is 0.0339. The summed E-state index contributed by atoms with van der Waals surface area (Å²) in [4.78, 5) is 6.73.